The molecule has 0 spiro atoms. The van der Waals surface area contributed by atoms with Crippen LogP contribution in [0.25, 0.3) is 0 Å². The minimum atomic E-state index is -3.04. The van der Waals surface area contributed by atoms with Gasteiger partial charge in [-0.25, -0.2) is 0 Å². The molecule has 142 valence electrons. The Morgan fingerprint density at radius 3 is 2.04 bits per heavy atom. The third-order valence-corrected chi connectivity index (χ3v) is 4.99. The fourth-order valence-electron chi connectivity index (χ4n) is 3.49. The maximum Gasteiger partial charge on any atom is 0.405 e. The summed E-state index contributed by atoms with van der Waals surface area (Å²) in [6, 6.07) is 24.6. The average Bonchev–Trinajstić information content (AvgIpc) is 3.03. The predicted octanol–water partition coefficient (Wildman–Crippen LogP) is 2.19. The third-order valence-electron chi connectivity index (χ3n) is 4.99. The Morgan fingerprint density at radius 1 is 0.893 bits per heavy atom. The summed E-state index contributed by atoms with van der Waals surface area (Å²) in [5, 5.41) is 20.1. The van der Waals surface area contributed by atoms with Crippen LogP contribution >= 0.6 is 0 Å². The summed E-state index contributed by atoms with van der Waals surface area (Å²) in [6.45, 7) is -2.00. The summed E-state index contributed by atoms with van der Waals surface area (Å²) in [7, 11) is 0. The SMILES string of the molecule is O=C(c1ccc2c(c1)[B-](O)(O)OC2)N(Cc1ccccc1)Cc1ccccc1. The second-order valence-electron chi connectivity index (χ2n) is 7.06. The molecule has 1 amide bonds. The normalized spacial score (nSPS) is 14.5. The lowest BCUT2D eigenvalue weighted by Crippen LogP contribution is -2.48. The minimum absolute atomic E-state index is 0.133. The Bertz CT molecular complexity index is 935. The zero-order valence-corrected chi connectivity index (χ0v) is 15.4. The number of nitrogens with zero attached hydrogens (tertiary/aromatic N) is 1. The van der Waals surface area contributed by atoms with Gasteiger partial charge in [0, 0.05) is 25.3 Å². The molecule has 1 aliphatic rings. The molecule has 2 N–H and O–H groups in total. The van der Waals surface area contributed by atoms with Crippen molar-refractivity contribution in [3.05, 3.63) is 101 Å². The van der Waals surface area contributed by atoms with Gasteiger partial charge in [-0.3, -0.25) is 4.79 Å². The first-order valence-electron chi connectivity index (χ1n) is 9.26. The summed E-state index contributed by atoms with van der Waals surface area (Å²) < 4.78 is 5.05. The molecule has 0 aromatic heterocycles. The van der Waals surface area contributed by atoms with E-state index in [4.69, 9.17) is 4.65 Å². The third kappa shape index (κ3) is 3.85. The number of carbonyl (C=O) groups is 1. The average molecular weight is 374 g/mol. The van der Waals surface area contributed by atoms with Crippen molar-refractivity contribution in [2.75, 3.05) is 0 Å². The summed E-state index contributed by atoms with van der Waals surface area (Å²) in [5.41, 5.74) is 3.44. The number of amides is 1. The van der Waals surface area contributed by atoms with Gasteiger partial charge < -0.3 is 19.6 Å². The molecule has 0 unspecified atom stereocenters. The van der Waals surface area contributed by atoms with Crippen LogP contribution in [-0.2, 0) is 24.4 Å². The highest BCUT2D eigenvalue weighted by molar-refractivity contribution is 6.74. The second kappa shape index (κ2) is 7.60. The fourth-order valence-corrected chi connectivity index (χ4v) is 3.49. The van der Waals surface area contributed by atoms with Crippen molar-refractivity contribution in [2.24, 2.45) is 0 Å². The number of hydrogen-bond donors (Lipinski definition) is 2. The van der Waals surface area contributed by atoms with Gasteiger partial charge in [-0.1, -0.05) is 78.4 Å². The van der Waals surface area contributed by atoms with E-state index in [2.05, 4.69) is 0 Å². The van der Waals surface area contributed by atoms with Crippen LogP contribution in [-0.4, -0.2) is 27.6 Å². The lowest BCUT2D eigenvalue weighted by molar-refractivity contribution is 0.0730. The lowest BCUT2D eigenvalue weighted by Gasteiger charge is -2.25. The first-order valence-corrected chi connectivity index (χ1v) is 9.26. The zero-order valence-electron chi connectivity index (χ0n) is 15.4. The van der Waals surface area contributed by atoms with Crippen LogP contribution in [0.2, 0.25) is 0 Å². The van der Waals surface area contributed by atoms with E-state index in [1.807, 2.05) is 60.7 Å². The van der Waals surface area contributed by atoms with E-state index in [0.717, 1.165) is 11.1 Å². The molecule has 3 aromatic rings. The molecule has 0 atom stereocenters. The number of rotatable bonds is 5. The summed E-state index contributed by atoms with van der Waals surface area (Å²) >= 11 is 0. The van der Waals surface area contributed by atoms with Crippen molar-refractivity contribution in [1.82, 2.24) is 4.90 Å². The van der Waals surface area contributed by atoms with Crippen LogP contribution in [0, 0.1) is 0 Å². The highest BCUT2D eigenvalue weighted by atomic mass is 16.6. The summed E-state index contributed by atoms with van der Waals surface area (Å²) in [6.07, 6.45) is 0. The van der Waals surface area contributed by atoms with Crippen molar-refractivity contribution in [1.29, 1.82) is 0 Å². The Balaban J connectivity index is 1.65. The van der Waals surface area contributed by atoms with Gasteiger partial charge in [0.05, 0.1) is 0 Å². The first kappa shape index (κ1) is 18.4. The fraction of sp³-hybridized carbons (Fsp3) is 0.136. The topological polar surface area (TPSA) is 70.0 Å². The molecular weight excluding hydrogens is 353 g/mol. The molecule has 4 rings (SSSR count). The van der Waals surface area contributed by atoms with Gasteiger partial charge in [-0.2, -0.15) is 0 Å². The van der Waals surface area contributed by atoms with Crippen LogP contribution in [0.15, 0.2) is 78.9 Å². The molecule has 0 bridgehead atoms. The molecule has 0 radical (unpaired) electrons. The highest BCUT2D eigenvalue weighted by Gasteiger charge is 2.32. The Labute approximate surface area is 163 Å². The van der Waals surface area contributed by atoms with Crippen LogP contribution in [0.4, 0.5) is 0 Å². The van der Waals surface area contributed by atoms with E-state index >= 15 is 0 Å². The van der Waals surface area contributed by atoms with Gasteiger partial charge in [-0.05, 0) is 17.2 Å². The Hall–Kier alpha value is -2.93. The molecule has 0 saturated carbocycles. The van der Waals surface area contributed by atoms with Gasteiger partial charge in [0.2, 0.25) is 0 Å². The summed E-state index contributed by atoms with van der Waals surface area (Å²) in [5.74, 6) is -0.172. The smallest absolute Gasteiger partial charge is 0.405 e. The predicted molar refractivity (Wildman–Crippen MR) is 108 cm³/mol. The Morgan fingerprint density at radius 2 is 1.46 bits per heavy atom. The summed E-state index contributed by atoms with van der Waals surface area (Å²) in [4.78, 5) is 15.0. The molecule has 0 fully saturated rings. The quantitative estimate of drug-likeness (QED) is 0.672. The van der Waals surface area contributed by atoms with Gasteiger partial charge in [0.25, 0.3) is 5.91 Å². The molecule has 1 aliphatic heterocycles. The monoisotopic (exact) mass is 374 g/mol. The van der Waals surface area contributed by atoms with Crippen LogP contribution < -0.4 is 5.46 Å². The van der Waals surface area contributed by atoms with E-state index in [-0.39, 0.29) is 18.0 Å². The van der Waals surface area contributed by atoms with Crippen LogP contribution in [0.3, 0.4) is 0 Å². The maximum absolute atomic E-state index is 13.3. The highest BCUT2D eigenvalue weighted by Crippen LogP contribution is 2.19. The van der Waals surface area contributed by atoms with E-state index in [1.54, 1.807) is 17.0 Å². The molecule has 1 heterocycles. The van der Waals surface area contributed by atoms with E-state index in [9.17, 15) is 14.8 Å². The maximum atomic E-state index is 13.3. The molecule has 5 nitrogen and oxygen atoms in total. The van der Waals surface area contributed by atoms with E-state index < -0.39 is 6.75 Å². The van der Waals surface area contributed by atoms with Crippen molar-refractivity contribution in [3.63, 3.8) is 0 Å². The largest absolute Gasteiger partial charge is 0.556 e. The minimum Gasteiger partial charge on any atom is -0.556 e. The molecule has 6 heteroatoms. The number of benzene rings is 3. The van der Waals surface area contributed by atoms with Gasteiger partial charge >= 0.3 is 6.75 Å². The number of hydrogen-bond acceptors (Lipinski definition) is 4. The molecule has 28 heavy (non-hydrogen) atoms. The van der Waals surface area contributed by atoms with Gasteiger partial charge in [0.1, 0.15) is 0 Å². The molecular formula is C22H21BNO4-. The van der Waals surface area contributed by atoms with Gasteiger partial charge in [0.15, 0.2) is 0 Å². The van der Waals surface area contributed by atoms with E-state index in [1.165, 1.54) is 6.07 Å². The van der Waals surface area contributed by atoms with Crippen molar-refractivity contribution < 1.29 is 19.5 Å². The first-order chi connectivity index (χ1) is 13.5. The van der Waals surface area contributed by atoms with Gasteiger partial charge in [-0.15, -0.1) is 5.46 Å². The lowest BCUT2D eigenvalue weighted by atomic mass is 9.70. The van der Waals surface area contributed by atoms with Crippen LogP contribution in [0.1, 0.15) is 27.0 Å². The number of carbonyl (C=O) groups excluding carboxylic acids is 1. The van der Waals surface area contributed by atoms with Crippen molar-refractivity contribution >= 4 is 18.1 Å². The Kier molecular flexibility index (Phi) is 5.00. The second-order valence-corrected chi connectivity index (χ2v) is 7.06. The zero-order chi connectivity index (χ0) is 19.6. The molecule has 0 saturated heterocycles. The van der Waals surface area contributed by atoms with E-state index in [0.29, 0.717) is 24.2 Å². The molecule has 3 aromatic carbocycles. The molecule has 0 aliphatic carbocycles. The van der Waals surface area contributed by atoms with Crippen LogP contribution in [0.5, 0.6) is 0 Å². The van der Waals surface area contributed by atoms with Crippen molar-refractivity contribution in [2.45, 2.75) is 19.7 Å². The standard InChI is InChI=1S/C22H21BNO4/c25-22(19-11-12-20-16-28-23(26,27)21(20)13-19)24(14-17-7-3-1-4-8-17)15-18-9-5-2-6-10-18/h1-13,26-27H,14-16H2/q-1. The van der Waals surface area contributed by atoms with Crippen molar-refractivity contribution in [3.8, 4) is 0 Å². The number of fused-ring (bicyclic) bond motifs is 1.